The van der Waals surface area contributed by atoms with Gasteiger partial charge in [-0.3, -0.25) is 0 Å². The third kappa shape index (κ3) is 1.42. The number of aliphatic hydroxyl groups excluding tert-OH is 1. The van der Waals surface area contributed by atoms with Gasteiger partial charge in [0, 0.05) is 6.61 Å². The quantitative estimate of drug-likeness (QED) is 0.725. The van der Waals surface area contributed by atoms with Crippen LogP contribution in [0.25, 0.3) is 0 Å². The van der Waals surface area contributed by atoms with Crippen molar-refractivity contribution >= 4 is 0 Å². The molecule has 0 aliphatic heterocycles. The molecule has 70 valence electrons. The lowest BCUT2D eigenvalue weighted by atomic mass is 9.98. The number of aliphatic hydroxyl groups is 1. The van der Waals surface area contributed by atoms with Crippen LogP contribution < -0.4 is 0 Å². The second-order valence-corrected chi connectivity index (χ2v) is 3.59. The van der Waals surface area contributed by atoms with Gasteiger partial charge in [-0.15, -0.1) is 0 Å². The summed E-state index contributed by atoms with van der Waals surface area (Å²) in [6.07, 6.45) is 2.83. The molecular formula is C11H14O2. The average Bonchev–Trinajstić information content (AvgIpc) is 2.51. The maximum Gasteiger partial charge on any atom is 0.119 e. The average molecular weight is 178 g/mol. The summed E-state index contributed by atoms with van der Waals surface area (Å²) >= 11 is 0. The minimum atomic E-state index is 0.236. The third-order valence-corrected chi connectivity index (χ3v) is 2.85. The molecule has 1 unspecified atom stereocenters. The molecule has 2 heteroatoms. The zero-order chi connectivity index (χ0) is 9.26. The molecule has 0 spiro atoms. The van der Waals surface area contributed by atoms with Crippen LogP contribution in [0.3, 0.4) is 0 Å². The Bertz CT molecular complexity index is 307. The highest BCUT2D eigenvalue weighted by Crippen LogP contribution is 2.39. The number of fused-ring (bicyclic) bond motifs is 1. The van der Waals surface area contributed by atoms with Gasteiger partial charge in [-0.25, -0.2) is 0 Å². The van der Waals surface area contributed by atoms with E-state index in [-0.39, 0.29) is 6.61 Å². The molecule has 0 radical (unpaired) electrons. The van der Waals surface area contributed by atoms with Gasteiger partial charge in [-0.05, 0) is 42.4 Å². The first-order valence-electron chi connectivity index (χ1n) is 4.74. The van der Waals surface area contributed by atoms with Crippen molar-refractivity contribution in [3.8, 4) is 5.75 Å². The highest BCUT2D eigenvalue weighted by atomic mass is 16.3. The van der Waals surface area contributed by atoms with Gasteiger partial charge in [-0.2, -0.15) is 0 Å². The van der Waals surface area contributed by atoms with Gasteiger partial charge in [0.1, 0.15) is 5.75 Å². The maximum absolute atomic E-state index is 9.55. The Kier molecular flexibility index (Phi) is 2.23. The van der Waals surface area contributed by atoms with Crippen molar-refractivity contribution in [1.29, 1.82) is 0 Å². The van der Waals surface area contributed by atoms with E-state index in [1.54, 1.807) is 6.07 Å². The smallest absolute Gasteiger partial charge is 0.119 e. The number of hydrogen-bond acceptors (Lipinski definition) is 2. The fourth-order valence-corrected chi connectivity index (χ4v) is 2.18. The topological polar surface area (TPSA) is 40.5 Å². The fraction of sp³-hybridized carbons (Fsp3) is 0.455. The van der Waals surface area contributed by atoms with E-state index in [0.717, 1.165) is 24.8 Å². The first kappa shape index (κ1) is 8.57. The van der Waals surface area contributed by atoms with Gasteiger partial charge < -0.3 is 10.2 Å². The molecular weight excluding hydrogens is 164 g/mol. The van der Waals surface area contributed by atoms with Crippen LogP contribution in [0.5, 0.6) is 5.75 Å². The summed E-state index contributed by atoms with van der Waals surface area (Å²) in [6.45, 7) is 0.236. The summed E-state index contributed by atoms with van der Waals surface area (Å²) in [7, 11) is 0. The molecule has 2 rings (SSSR count). The Morgan fingerprint density at radius 3 is 3.00 bits per heavy atom. The van der Waals surface area contributed by atoms with Crippen LogP contribution in [0.15, 0.2) is 18.2 Å². The molecule has 1 atom stereocenters. The van der Waals surface area contributed by atoms with E-state index >= 15 is 0 Å². The van der Waals surface area contributed by atoms with Crippen LogP contribution in [-0.4, -0.2) is 16.8 Å². The van der Waals surface area contributed by atoms with E-state index in [0.29, 0.717) is 11.7 Å². The molecule has 2 N–H and O–H groups in total. The van der Waals surface area contributed by atoms with E-state index in [1.807, 2.05) is 6.07 Å². The van der Waals surface area contributed by atoms with Crippen molar-refractivity contribution in [3.05, 3.63) is 29.3 Å². The summed E-state index contributed by atoms with van der Waals surface area (Å²) in [5.41, 5.74) is 2.31. The fourth-order valence-electron chi connectivity index (χ4n) is 2.18. The Morgan fingerprint density at radius 2 is 2.23 bits per heavy atom. The maximum atomic E-state index is 9.55. The second kappa shape index (κ2) is 3.38. The van der Waals surface area contributed by atoms with Gasteiger partial charge in [0.15, 0.2) is 0 Å². The van der Waals surface area contributed by atoms with Crippen molar-refractivity contribution < 1.29 is 10.2 Å². The normalized spacial score (nSPS) is 20.2. The van der Waals surface area contributed by atoms with Crippen molar-refractivity contribution in [2.75, 3.05) is 6.61 Å². The van der Waals surface area contributed by atoms with Gasteiger partial charge in [0.05, 0.1) is 0 Å². The molecule has 0 fully saturated rings. The molecule has 0 bridgehead atoms. The molecule has 1 aliphatic rings. The molecule has 1 aromatic carbocycles. The number of hydrogen-bond donors (Lipinski definition) is 2. The van der Waals surface area contributed by atoms with Crippen LogP contribution >= 0.6 is 0 Å². The molecule has 2 nitrogen and oxygen atoms in total. The van der Waals surface area contributed by atoms with Crippen LogP contribution in [0.4, 0.5) is 0 Å². The molecule has 1 aromatic rings. The highest BCUT2D eigenvalue weighted by molar-refractivity contribution is 5.44. The van der Waals surface area contributed by atoms with E-state index in [2.05, 4.69) is 6.07 Å². The van der Waals surface area contributed by atoms with Gasteiger partial charge in [-0.1, -0.05) is 12.1 Å². The van der Waals surface area contributed by atoms with Crippen LogP contribution in [0, 0.1) is 0 Å². The first-order valence-corrected chi connectivity index (χ1v) is 4.74. The third-order valence-electron chi connectivity index (χ3n) is 2.85. The van der Waals surface area contributed by atoms with Gasteiger partial charge in [0.25, 0.3) is 0 Å². The lowest BCUT2D eigenvalue weighted by Crippen LogP contribution is -1.96. The van der Waals surface area contributed by atoms with Gasteiger partial charge >= 0.3 is 0 Å². The predicted molar refractivity (Wildman–Crippen MR) is 50.9 cm³/mol. The molecule has 0 amide bonds. The molecule has 0 saturated carbocycles. The van der Waals surface area contributed by atoms with Crippen molar-refractivity contribution in [3.63, 3.8) is 0 Å². The minimum Gasteiger partial charge on any atom is -0.508 e. The monoisotopic (exact) mass is 178 g/mol. The zero-order valence-corrected chi connectivity index (χ0v) is 7.53. The largest absolute Gasteiger partial charge is 0.508 e. The summed E-state index contributed by atoms with van der Waals surface area (Å²) < 4.78 is 0. The lowest BCUT2D eigenvalue weighted by molar-refractivity contribution is 0.275. The van der Waals surface area contributed by atoms with Crippen molar-refractivity contribution in [1.82, 2.24) is 0 Å². The number of benzene rings is 1. The molecule has 0 aromatic heterocycles. The van der Waals surface area contributed by atoms with E-state index < -0.39 is 0 Å². The van der Waals surface area contributed by atoms with Crippen LogP contribution in [0.1, 0.15) is 29.9 Å². The minimum absolute atomic E-state index is 0.236. The summed E-state index contributed by atoms with van der Waals surface area (Å²) in [6, 6.07) is 5.67. The SMILES string of the molecule is OCCC1CCc2c(O)cccc21. The molecule has 1 aliphatic carbocycles. The number of rotatable bonds is 2. The van der Waals surface area contributed by atoms with Crippen molar-refractivity contribution in [2.24, 2.45) is 0 Å². The summed E-state index contributed by atoms with van der Waals surface area (Å²) in [5.74, 6) is 0.866. The van der Waals surface area contributed by atoms with Crippen molar-refractivity contribution in [2.45, 2.75) is 25.2 Å². The van der Waals surface area contributed by atoms with E-state index in [1.165, 1.54) is 5.56 Å². The molecule has 0 saturated heterocycles. The van der Waals surface area contributed by atoms with E-state index in [9.17, 15) is 5.11 Å². The van der Waals surface area contributed by atoms with Crippen LogP contribution in [0.2, 0.25) is 0 Å². The number of phenols is 1. The predicted octanol–water partition coefficient (Wildman–Crippen LogP) is 1.80. The Balaban J connectivity index is 2.32. The summed E-state index contributed by atoms with van der Waals surface area (Å²) in [4.78, 5) is 0. The standard InChI is InChI=1S/C11H14O2/c12-7-6-8-4-5-10-9(8)2-1-3-11(10)13/h1-3,8,12-13H,4-7H2. The number of phenolic OH excluding ortho intramolecular Hbond substituents is 1. The zero-order valence-electron chi connectivity index (χ0n) is 7.53. The Morgan fingerprint density at radius 1 is 1.38 bits per heavy atom. The second-order valence-electron chi connectivity index (χ2n) is 3.59. The van der Waals surface area contributed by atoms with E-state index in [4.69, 9.17) is 5.11 Å². The highest BCUT2D eigenvalue weighted by Gasteiger charge is 2.23. The first-order chi connectivity index (χ1) is 6.33. The Labute approximate surface area is 77.8 Å². The number of aromatic hydroxyl groups is 1. The van der Waals surface area contributed by atoms with Gasteiger partial charge in [0.2, 0.25) is 0 Å². The molecule has 0 heterocycles. The Hall–Kier alpha value is -1.02. The lowest BCUT2D eigenvalue weighted by Gasteiger charge is -2.09. The van der Waals surface area contributed by atoms with Crippen LogP contribution in [-0.2, 0) is 6.42 Å². The summed E-state index contributed by atoms with van der Waals surface area (Å²) in [5, 5.41) is 18.4. The molecule has 13 heavy (non-hydrogen) atoms.